The lowest BCUT2D eigenvalue weighted by Crippen LogP contribution is -2.35. The lowest BCUT2D eigenvalue weighted by Gasteiger charge is -2.09. The third-order valence-electron chi connectivity index (χ3n) is 2.80. The summed E-state index contributed by atoms with van der Waals surface area (Å²) in [7, 11) is -6.91. The van der Waals surface area contributed by atoms with Crippen LogP contribution in [0.1, 0.15) is 6.42 Å². The van der Waals surface area contributed by atoms with Gasteiger partial charge in [0.1, 0.15) is 4.90 Å². The van der Waals surface area contributed by atoms with Crippen LogP contribution in [0.5, 0.6) is 0 Å². The average Bonchev–Trinajstić information content (AvgIpc) is 2.86. The molecule has 1 aromatic heterocycles. The van der Waals surface area contributed by atoms with Crippen molar-refractivity contribution in [3.8, 4) is 0 Å². The minimum absolute atomic E-state index is 0.00393. The van der Waals surface area contributed by atoms with Crippen molar-refractivity contribution in [3.63, 3.8) is 0 Å². The van der Waals surface area contributed by atoms with E-state index in [2.05, 4.69) is 9.82 Å². The normalized spacial score (nSPS) is 22.7. The second-order valence-corrected chi connectivity index (χ2v) is 8.33. The lowest BCUT2D eigenvalue weighted by molar-refractivity contribution is 0.269. The molecule has 1 unspecified atom stereocenters. The van der Waals surface area contributed by atoms with Crippen LogP contribution >= 0.6 is 0 Å². The van der Waals surface area contributed by atoms with Crippen LogP contribution in [0.15, 0.2) is 17.3 Å². The first kappa shape index (κ1) is 14.4. The largest absolute Gasteiger partial charge is 0.394 e. The molecule has 10 heteroatoms. The second kappa shape index (κ2) is 5.19. The van der Waals surface area contributed by atoms with Crippen molar-refractivity contribution in [1.29, 1.82) is 0 Å². The Bertz CT molecular complexity index is 649. The summed E-state index contributed by atoms with van der Waals surface area (Å²) >= 11 is 0. The fraction of sp³-hybridized carbons (Fsp3) is 0.667. The zero-order chi connectivity index (χ0) is 14.1. The molecule has 0 aliphatic carbocycles. The van der Waals surface area contributed by atoms with Crippen molar-refractivity contribution in [1.82, 2.24) is 14.5 Å². The fourth-order valence-corrected chi connectivity index (χ4v) is 4.88. The highest BCUT2D eigenvalue weighted by Gasteiger charge is 2.31. The number of nitrogens with zero attached hydrogens (tertiary/aromatic N) is 2. The van der Waals surface area contributed by atoms with Crippen LogP contribution in [-0.2, 0) is 26.4 Å². The van der Waals surface area contributed by atoms with Crippen LogP contribution in [0.4, 0.5) is 0 Å². The number of aliphatic hydroxyl groups excluding tert-OH is 1. The number of nitrogens with one attached hydrogen (secondary N) is 1. The molecule has 2 rings (SSSR count). The smallest absolute Gasteiger partial charge is 0.243 e. The summed E-state index contributed by atoms with van der Waals surface area (Å²) in [4.78, 5) is -0.0368. The molecule has 1 saturated heterocycles. The first-order valence-electron chi connectivity index (χ1n) is 5.68. The predicted molar refractivity (Wildman–Crippen MR) is 66.7 cm³/mol. The Morgan fingerprint density at radius 3 is 2.84 bits per heavy atom. The summed E-state index contributed by atoms with van der Waals surface area (Å²) in [5, 5.41) is 12.5. The molecular formula is C9H15N3O5S2. The minimum Gasteiger partial charge on any atom is -0.394 e. The van der Waals surface area contributed by atoms with Gasteiger partial charge in [0.25, 0.3) is 0 Å². The molecule has 1 aliphatic rings. The Hall–Kier alpha value is -0.970. The molecule has 108 valence electrons. The summed E-state index contributed by atoms with van der Waals surface area (Å²) < 4.78 is 50.2. The molecule has 2 heterocycles. The van der Waals surface area contributed by atoms with Gasteiger partial charge in [-0.1, -0.05) is 0 Å². The number of aliphatic hydroxyl groups is 1. The van der Waals surface area contributed by atoms with Gasteiger partial charge >= 0.3 is 0 Å². The Balaban J connectivity index is 2.10. The summed E-state index contributed by atoms with van der Waals surface area (Å²) in [6, 6.07) is -0.587. The van der Waals surface area contributed by atoms with Crippen molar-refractivity contribution in [2.45, 2.75) is 23.9 Å². The monoisotopic (exact) mass is 309 g/mol. The summed E-state index contributed by atoms with van der Waals surface area (Å²) in [6.45, 7) is 0.0583. The van der Waals surface area contributed by atoms with E-state index in [1.165, 1.54) is 17.1 Å². The molecule has 0 saturated carbocycles. The molecule has 0 spiro atoms. The molecule has 1 aromatic rings. The maximum Gasteiger partial charge on any atom is 0.243 e. The van der Waals surface area contributed by atoms with Crippen molar-refractivity contribution in [2.75, 3.05) is 18.1 Å². The zero-order valence-electron chi connectivity index (χ0n) is 10.1. The minimum atomic E-state index is -3.77. The third-order valence-corrected chi connectivity index (χ3v) is 6.05. The molecule has 0 radical (unpaired) electrons. The van der Waals surface area contributed by atoms with Gasteiger partial charge in [0.05, 0.1) is 30.9 Å². The van der Waals surface area contributed by atoms with E-state index < -0.39 is 25.9 Å². The third kappa shape index (κ3) is 3.53. The van der Waals surface area contributed by atoms with Crippen molar-refractivity contribution < 1.29 is 21.9 Å². The van der Waals surface area contributed by atoms with Crippen LogP contribution in [0.3, 0.4) is 0 Å². The molecule has 1 aliphatic heterocycles. The molecule has 8 nitrogen and oxygen atoms in total. The SMILES string of the molecule is O=S1(=O)CCC(NS(=O)(=O)c2cnn(CCO)c2)C1. The first-order chi connectivity index (χ1) is 8.82. The molecular weight excluding hydrogens is 294 g/mol. The Kier molecular flexibility index (Phi) is 3.95. The van der Waals surface area contributed by atoms with Gasteiger partial charge in [-0.15, -0.1) is 0 Å². The molecule has 0 bridgehead atoms. The van der Waals surface area contributed by atoms with Gasteiger partial charge < -0.3 is 5.11 Å². The quantitative estimate of drug-likeness (QED) is 0.672. The van der Waals surface area contributed by atoms with E-state index in [1.807, 2.05) is 0 Å². The van der Waals surface area contributed by atoms with E-state index in [1.54, 1.807) is 0 Å². The predicted octanol–water partition coefficient (Wildman–Crippen LogP) is -1.66. The maximum atomic E-state index is 12.0. The van der Waals surface area contributed by atoms with E-state index in [0.29, 0.717) is 0 Å². The number of hydrogen-bond acceptors (Lipinski definition) is 6. The number of sulfone groups is 1. The highest BCUT2D eigenvalue weighted by atomic mass is 32.2. The molecule has 1 fully saturated rings. The van der Waals surface area contributed by atoms with Crippen molar-refractivity contribution in [2.24, 2.45) is 0 Å². The Morgan fingerprint density at radius 1 is 1.53 bits per heavy atom. The highest BCUT2D eigenvalue weighted by molar-refractivity contribution is 7.92. The Morgan fingerprint density at radius 2 is 2.26 bits per heavy atom. The van der Waals surface area contributed by atoms with Crippen molar-refractivity contribution in [3.05, 3.63) is 12.4 Å². The standard InChI is InChI=1S/C9H15N3O5S2/c13-3-2-12-6-9(5-10-12)19(16,17)11-8-1-4-18(14,15)7-8/h5-6,8,11,13H,1-4,7H2. The second-order valence-electron chi connectivity index (χ2n) is 4.38. The number of aromatic nitrogens is 2. The molecule has 0 aromatic carbocycles. The van der Waals surface area contributed by atoms with Crippen molar-refractivity contribution >= 4 is 19.9 Å². The maximum absolute atomic E-state index is 12.0. The van der Waals surface area contributed by atoms with Crippen LogP contribution in [-0.4, -0.2) is 55.9 Å². The molecule has 19 heavy (non-hydrogen) atoms. The summed E-state index contributed by atoms with van der Waals surface area (Å²) in [5.74, 6) is -0.166. The van der Waals surface area contributed by atoms with E-state index in [9.17, 15) is 16.8 Å². The Labute approximate surface area is 111 Å². The fourth-order valence-electron chi connectivity index (χ4n) is 1.88. The van der Waals surface area contributed by atoms with Gasteiger partial charge in [-0.3, -0.25) is 4.68 Å². The lowest BCUT2D eigenvalue weighted by atomic mass is 10.3. The highest BCUT2D eigenvalue weighted by Crippen LogP contribution is 2.15. The van der Waals surface area contributed by atoms with Gasteiger partial charge in [-0.25, -0.2) is 21.6 Å². The number of sulfonamides is 1. The van der Waals surface area contributed by atoms with Crippen LogP contribution in [0.25, 0.3) is 0 Å². The van der Waals surface area contributed by atoms with E-state index >= 15 is 0 Å². The van der Waals surface area contributed by atoms with Crippen LogP contribution in [0.2, 0.25) is 0 Å². The molecule has 1 atom stereocenters. The molecule has 0 amide bonds. The van der Waals surface area contributed by atoms with E-state index in [0.717, 1.165) is 0 Å². The number of rotatable bonds is 5. The summed E-state index contributed by atoms with van der Waals surface area (Å²) in [5.41, 5.74) is 0. The molecule has 2 N–H and O–H groups in total. The van der Waals surface area contributed by atoms with Gasteiger partial charge in [0.2, 0.25) is 10.0 Å². The van der Waals surface area contributed by atoms with Gasteiger partial charge in [0.15, 0.2) is 9.84 Å². The van der Waals surface area contributed by atoms with E-state index in [-0.39, 0.29) is 36.0 Å². The van der Waals surface area contributed by atoms with E-state index in [4.69, 9.17) is 5.11 Å². The van der Waals surface area contributed by atoms with Gasteiger partial charge in [-0.05, 0) is 6.42 Å². The average molecular weight is 309 g/mol. The van der Waals surface area contributed by atoms with Crippen LogP contribution in [0, 0.1) is 0 Å². The van der Waals surface area contributed by atoms with Gasteiger partial charge in [0, 0.05) is 12.2 Å². The van der Waals surface area contributed by atoms with Gasteiger partial charge in [-0.2, -0.15) is 5.10 Å². The first-order valence-corrected chi connectivity index (χ1v) is 8.99. The topological polar surface area (TPSA) is 118 Å². The van der Waals surface area contributed by atoms with Crippen LogP contribution < -0.4 is 4.72 Å². The summed E-state index contributed by atoms with van der Waals surface area (Å²) in [6.07, 6.45) is 2.75. The number of hydrogen-bond donors (Lipinski definition) is 2. The zero-order valence-corrected chi connectivity index (χ0v) is 11.7.